The quantitative estimate of drug-likeness (QED) is 0.769. The lowest BCUT2D eigenvalue weighted by atomic mass is 10.4. The van der Waals surface area contributed by atoms with E-state index in [0.717, 1.165) is 10.7 Å². The van der Waals surface area contributed by atoms with Crippen molar-refractivity contribution in [3.05, 3.63) is 27.8 Å². The number of nitrogens with zero attached hydrogens (tertiary/aromatic N) is 2. The highest BCUT2D eigenvalue weighted by Gasteiger charge is 2.13. The van der Waals surface area contributed by atoms with Gasteiger partial charge in [0.25, 0.3) is 5.91 Å². The Hall–Kier alpha value is -1.73. The lowest BCUT2D eigenvalue weighted by Crippen LogP contribution is -2.13. The first-order chi connectivity index (χ1) is 8.06. The number of aromatic amines is 1. The van der Waals surface area contributed by atoms with Crippen molar-refractivity contribution in [2.45, 2.75) is 19.9 Å². The zero-order chi connectivity index (χ0) is 12.4. The van der Waals surface area contributed by atoms with Crippen LogP contribution in [0.4, 0.5) is 5.82 Å². The number of hydrogen-bond acceptors (Lipinski definition) is 5. The van der Waals surface area contributed by atoms with Gasteiger partial charge in [-0.1, -0.05) is 0 Å². The van der Waals surface area contributed by atoms with Crippen LogP contribution in [0.25, 0.3) is 0 Å². The van der Waals surface area contributed by atoms with E-state index in [1.54, 1.807) is 11.4 Å². The maximum atomic E-state index is 11.8. The number of hydrogen-bond donors (Lipinski definition) is 3. The van der Waals surface area contributed by atoms with Gasteiger partial charge in [0.1, 0.15) is 10.7 Å². The van der Waals surface area contributed by atoms with E-state index in [9.17, 15) is 4.79 Å². The van der Waals surface area contributed by atoms with Gasteiger partial charge in [-0.15, -0.1) is 11.3 Å². The zero-order valence-electron chi connectivity index (χ0n) is 9.52. The summed E-state index contributed by atoms with van der Waals surface area (Å²) in [5.41, 5.74) is 6.93. The van der Waals surface area contributed by atoms with Crippen LogP contribution in [0, 0.1) is 6.92 Å². The van der Waals surface area contributed by atoms with Gasteiger partial charge in [-0.2, -0.15) is 5.10 Å². The molecule has 0 aromatic carbocycles. The number of aryl methyl sites for hydroxylation is 1. The topological polar surface area (TPSA) is 96.7 Å². The van der Waals surface area contributed by atoms with Crippen molar-refractivity contribution in [3.63, 3.8) is 0 Å². The van der Waals surface area contributed by atoms with Crippen molar-refractivity contribution in [3.8, 4) is 0 Å². The molecule has 90 valence electrons. The summed E-state index contributed by atoms with van der Waals surface area (Å²) in [7, 11) is 0. The Morgan fingerprint density at radius 2 is 2.41 bits per heavy atom. The molecule has 1 atom stereocenters. The first kappa shape index (κ1) is 11.7. The van der Waals surface area contributed by atoms with Crippen molar-refractivity contribution in [2.75, 3.05) is 5.32 Å². The van der Waals surface area contributed by atoms with E-state index in [1.165, 1.54) is 11.3 Å². The molecule has 0 aliphatic carbocycles. The minimum Gasteiger partial charge on any atom is -0.322 e. The van der Waals surface area contributed by atoms with Crippen LogP contribution in [0.2, 0.25) is 0 Å². The summed E-state index contributed by atoms with van der Waals surface area (Å²) in [6.45, 7) is 3.69. The number of H-pyrrole nitrogens is 1. The number of amides is 1. The van der Waals surface area contributed by atoms with Crippen molar-refractivity contribution in [2.24, 2.45) is 5.73 Å². The first-order valence-electron chi connectivity index (χ1n) is 5.10. The fourth-order valence-corrected chi connectivity index (χ4v) is 2.02. The lowest BCUT2D eigenvalue weighted by Gasteiger charge is -1.98. The van der Waals surface area contributed by atoms with Crippen LogP contribution in [0.3, 0.4) is 0 Å². The van der Waals surface area contributed by atoms with Crippen molar-refractivity contribution < 1.29 is 4.79 Å². The SMILES string of the molecule is Cc1cc(NC(=O)c2csc(C(C)N)n2)n[nH]1. The van der Waals surface area contributed by atoms with Crippen LogP contribution >= 0.6 is 11.3 Å². The lowest BCUT2D eigenvalue weighted by molar-refractivity contribution is 0.102. The summed E-state index contributed by atoms with van der Waals surface area (Å²) in [5.74, 6) is 0.211. The van der Waals surface area contributed by atoms with Gasteiger partial charge in [-0.05, 0) is 13.8 Å². The third-order valence-electron chi connectivity index (χ3n) is 2.09. The summed E-state index contributed by atoms with van der Waals surface area (Å²) >= 11 is 1.38. The Morgan fingerprint density at radius 3 is 2.94 bits per heavy atom. The van der Waals surface area contributed by atoms with Gasteiger partial charge in [0, 0.05) is 17.1 Å². The number of carbonyl (C=O) groups excluding carboxylic acids is 1. The van der Waals surface area contributed by atoms with Crippen LogP contribution in [0.15, 0.2) is 11.4 Å². The molecule has 0 fully saturated rings. The molecule has 2 aromatic rings. The fourth-order valence-electron chi connectivity index (χ4n) is 1.26. The number of anilines is 1. The van der Waals surface area contributed by atoms with E-state index in [2.05, 4.69) is 20.5 Å². The average molecular weight is 251 g/mol. The molecule has 7 heteroatoms. The van der Waals surface area contributed by atoms with Crippen molar-refractivity contribution >= 4 is 23.1 Å². The molecule has 2 aromatic heterocycles. The fraction of sp³-hybridized carbons (Fsp3) is 0.300. The monoisotopic (exact) mass is 251 g/mol. The second-order valence-electron chi connectivity index (χ2n) is 3.75. The molecule has 17 heavy (non-hydrogen) atoms. The molecule has 1 amide bonds. The number of carbonyl (C=O) groups is 1. The Bertz CT molecular complexity index is 530. The molecule has 0 aliphatic rings. The molecule has 0 saturated heterocycles. The number of nitrogens with two attached hydrogens (primary N) is 1. The summed E-state index contributed by atoms with van der Waals surface area (Å²) < 4.78 is 0. The minimum absolute atomic E-state index is 0.158. The molecule has 1 unspecified atom stereocenters. The normalized spacial score (nSPS) is 12.4. The van der Waals surface area contributed by atoms with Crippen LogP contribution in [0.1, 0.15) is 34.2 Å². The highest BCUT2D eigenvalue weighted by Crippen LogP contribution is 2.16. The predicted octanol–water partition coefficient (Wildman–Crippen LogP) is 1.45. The van der Waals surface area contributed by atoms with E-state index in [0.29, 0.717) is 11.5 Å². The van der Waals surface area contributed by atoms with Gasteiger partial charge < -0.3 is 11.1 Å². The third-order valence-corrected chi connectivity index (χ3v) is 3.14. The second-order valence-corrected chi connectivity index (χ2v) is 4.64. The zero-order valence-corrected chi connectivity index (χ0v) is 10.3. The molecular formula is C10H13N5OS. The summed E-state index contributed by atoms with van der Waals surface area (Å²) in [5, 5.41) is 11.7. The van der Waals surface area contributed by atoms with E-state index in [-0.39, 0.29) is 11.9 Å². The Morgan fingerprint density at radius 1 is 1.65 bits per heavy atom. The van der Waals surface area contributed by atoms with Crippen LogP contribution < -0.4 is 11.1 Å². The largest absolute Gasteiger partial charge is 0.322 e. The molecule has 0 saturated carbocycles. The molecule has 2 heterocycles. The van der Waals surface area contributed by atoms with Gasteiger partial charge in [0.2, 0.25) is 0 Å². The van der Waals surface area contributed by atoms with Gasteiger partial charge >= 0.3 is 0 Å². The molecule has 0 spiro atoms. The van der Waals surface area contributed by atoms with E-state index < -0.39 is 0 Å². The van der Waals surface area contributed by atoms with Gasteiger partial charge in [0.15, 0.2) is 5.82 Å². The molecule has 4 N–H and O–H groups in total. The standard InChI is InChI=1S/C10H13N5OS/c1-5-3-8(15-14-5)13-9(16)7-4-17-10(12-7)6(2)11/h3-4,6H,11H2,1-2H3,(H2,13,14,15,16). The first-order valence-corrected chi connectivity index (χ1v) is 5.98. The number of nitrogens with one attached hydrogen (secondary N) is 2. The van der Waals surface area contributed by atoms with Crippen LogP contribution in [-0.2, 0) is 0 Å². The highest BCUT2D eigenvalue weighted by atomic mass is 32.1. The smallest absolute Gasteiger partial charge is 0.276 e. The number of aromatic nitrogens is 3. The summed E-state index contributed by atoms with van der Waals surface area (Å²) in [6, 6.07) is 1.59. The van der Waals surface area contributed by atoms with Gasteiger partial charge in [-0.25, -0.2) is 4.98 Å². The highest BCUT2D eigenvalue weighted by molar-refractivity contribution is 7.09. The summed E-state index contributed by atoms with van der Waals surface area (Å²) in [4.78, 5) is 16.0. The average Bonchev–Trinajstić information content (AvgIpc) is 2.86. The van der Waals surface area contributed by atoms with E-state index >= 15 is 0 Å². The van der Waals surface area contributed by atoms with Crippen molar-refractivity contribution in [1.29, 1.82) is 0 Å². The van der Waals surface area contributed by atoms with Crippen LogP contribution in [-0.4, -0.2) is 21.1 Å². The molecule has 0 radical (unpaired) electrons. The van der Waals surface area contributed by atoms with Gasteiger partial charge in [0.05, 0.1) is 6.04 Å². The Kier molecular flexibility index (Phi) is 3.21. The van der Waals surface area contributed by atoms with Gasteiger partial charge in [-0.3, -0.25) is 9.89 Å². The maximum absolute atomic E-state index is 11.8. The summed E-state index contributed by atoms with van der Waals surface area (Å²) in [6.07, 6.45) is 0. The predicted molar refractivity (Wildman–Crippen MR) is 66.0 cm³/mol. The number of rotatable bonds is 3. The molecule has 0 aliphatic heterocycles. The maximum Gasteiger partial charge on any atom is 0.276 e. The molecule has 2 rings (SSSR count). The minimum atomic E-state index is -0.278. The number of thiazole rings is 1. The van der Waals surface area contributed by atoms with E-state index in [4.69, 9.17) is 5.73 Å². The molecule has 6 nitrogen and oxygen atoms in total. The Labute approximate surface area is 102 Å². The van der Waals surface area contributed by atoms with Crippen molar-refractivity contribution in [1.82, 2.24) is 15.2 Å². The Balaban J connectivity index is 2.09. The molecule has 0 bridgehead atoms. The van der Waals surface area contributed by atoms with E-state index in [1.807, 2.05) is 13.8 Å². The van der Waals surface area contributed by atoms with Crippen LogP contribution in [0.5, 0.6) is 0 Å². The second kappa shape index (κ2) is 4.64. The third kappa shape index (κ3) is 2.69. The molecular weight excluding hydrogens is 238 g/mol.